The Morgan fingerprint density at radius 1 is 1.53 bits per heavy atom. The summed E-state index contributed by atoms with van der Waals surface area (Å²) >= 11 is 3.04. The summed E-state index contributed by atoms with van der Waals surface area (Å²) in [5, 5.41) is 5.48. The summed E-state index contributed by atoms with van der Waals surface area (Å²) in [7, 11) is 1.59. The third-order valence-electron chi connectivity index (χ3n) is 1.97. The molecular formula is C11H14BrFN2O2. The van der Waals surface area contributed by atoms with Crippen molar-refractivity contribution in [2.75, 3.05) is 32.1 Å². The average molecular weight is 305 g/mol. The van der Waals surface area contributed by atoms with Crippen molar-refractivity contribution in [3.63, 3.8) is 0 Å². The second kappa shape index (κ2) is 7.37. The maximum Gasteiger partial charge on any atom is 0.238 e. The number of nitrogens with one attached hydrogen (secondary N) is 2. The first-order valence-corrected chi connectivity index (χ1v) is 5.87. The number of amides is 1. The standard InChI is InChI=1S/C11H14BrFN2O2/c1-17-5-4-14-7-11(16)15-8-2-3-9(12)10(13)6-8/h2-3,6,14H,4-5,7H2,1H3,(H,15,16). The molecule has 2 N–H and O–H groups in total. The fourth-order valence-electron chi connectivity index (χ4n) is 1.16. The van der Waals surface area contributed by atoms with Gasteiger partial charge in [-0.15, -0.1) is 0 Å². The summed E-state index contributed by atoms with van der Waals surface area (Å²) < 4.78 is 18.3. The Morgan fingerprint density at radius 2 is 2.29 bits per heavy atom. The highest BCUT2D eigenvalue weighted by Crippen LogP contribution is 2.19. The Hall–Kier alpha value is -0.980. The second-order valence-corrected chi connectivity index (χ2v) is 4.20. The van der Waals surface area contributed by atoms with E-state index in [0.29, 0.717) is 23.3 Å². The summed E-state index contributed by atoms with van der Waals surface area (Å²) in [6.45, 7) is 1.31. The molecule has 0 aromatic heterocycles. The number of carbonyl (C=O) groups is 1. The highest BCUT2D eigenvalue weighted by Gasteiger charge is 2.04. The molecule has 6 heteroatoms. The molecule has 1 aromatic carbocycles. The van der Waals surface area contributed by atoms with Crippen LogP contribution in [-0.2, 0) is 9.53 Å². The number of ether oxygens (including phenoxy) is 1. The molecule has 0 saturated heterocycles. The van der Waals surface area contributed by atoms with Crippen LogP contribution < -0.4 is 10.6 Å². The zero-order valence-corrected chi connectivity index (χ0v) is 11.0. The molecule has 1 amide bonds. The third kappa shape index (κ3) is 5.25. The molecule has 0 radical (unpaired) electrons. The summed E-state index contributed by atoms with van der Waals surface area (Å²) in [6.07, 6.45) is 0. The Labute approximate surface area is 108 Å². The van der Waals surface area contributed by atoms with Crippen molar-refractivity contribution in [2.45, 2.75) is 0 Å². The molecule has 1 aromatic rings. The van der Waals surface area contributed by atoms with E-state index >= 15 is 0 Å². The van der Waals surface area contributed by atoms with Gasteiger partial charge in [-0.1, -0.05) is 0 Å². The van der Waals surface area contributed by atoms with Gasteiger partial charge in [0.2, 0.25) is 5.91 Å². The van der Waals surface area contributed by atoms with E-state index in [0.717, 1.165) is 0 Å². The molecule has 0 atom stereocenters. The fourth-order valence-corrected chi connectivity index (χ4v) is 1.40. The predicted molar refractivity (Wildman–Crippen MR) is 67.5 cm³/mol. The number of rotatable bonds is 6. The first kappa shape index (κ1) is 14.1. The monoisotopic (exact) mass is 304 g/mol. The van der Waals surface area contributed by atoms with E-state index in [9.17, 15) is 9.18 Å². The van der Waals surface area contributed by atoms with E-state index in [4.69, 9.17) is 4.74 Å². The van der Waals surface area contributed by atoms with Crippen molar-refractivity contribution in [3.05, 3.63) is 28.5 Å². The van der Waals surface area contributed by atoms with Crippen LogP contribution in [0.4, 0.5) is 10.1 Å². The molecule has 0 unspecified atom stereocenters. The van der Waals surface area contributed by atoms with E-state index in [1.54, 1.807) is 19.2 Å². The van der Waals surface area contributed by atoms with Crippen LogP contribution in [0.15, 0.2) is 22.7 Å². The molecule has 0 aliphatic carbocycles. The Morgan fingerprint density at radius 3 is 2.94 bits per heavy atom. The summed E-state index contributed by atoms with van der Waals surface area (Å²) in [6, 6.07) is 4.43. The van der Waals surface area contributed by atoms with Gasteiger partial charge in [0.1, 0.15) is 5.82 Å². The maximum absolute atomic E-state index is 13.2. The largest absolute Gasteiger partial charge is 0.383 e. The molecule has 17 heavy (non-hydrogen) atoms. The Kier molecular flexibility index (Phi) is 6.10. The topological polar surface area (TPSA) is 50.4 Å². The molecule has 0 spiro atoms. The fraction of sp³-hybridized carbons (Fsp3) is 0.364. The summed E-state index contributed by atoms with van der Waals surface area (Å²) in [5.41, 5.74) is 0.434. The quantitative estimate of drug-likeness (QED) is 0.788. The van der Waals surface area contributed by atoms with Crippen molar-refractivity contribution in [1.82, 2.24) is 5.32 Å². The summed E-state index contributed by atoms with van der Waals surface area (Å²) in [5.74, 6) is -0.627. The smallest absolute Gasteiger partial charge is 0.238 e. The van der Waals surface area contributed by atoms with Gasteiger partial charge < -0.3 is 15.4 Å². The molecule has 0 fully saturated rings. The van der Waals surface area contributed by atoms with Crippen LogP contribution in [-0.4, -0.2) is 32.7 Å². The molecule has 0 saturated carbocycles. The van der Waals surface area contributed by atoms with E-state index in [2.05, 4.69) is 26.6 Å². The molecule has 1 rings (SSSR count). The van der Waals surface area contributed by atoms with Crippen LogP contribution in [0.2, 0.25) is 0 Å². The Bertz CT molecular complexity index is 388. The number of hydrogen-bond acceptors (Lipinski definition) is 3. The SMILES string of the molecule is COCCNCC(=O)Nc1ccc(Br)c(F)c1. The van der Waals surface area contributed by atoms with E-state index in [-0.39, 0.29) is 12.5 Å². The normalized spacial score (nSPS) is 10.3. The van der Waals surface area contributed by atoms with Crippen molar-refractivity contribution < 1.29 is 13.9 Å². The lowest BCUT2D eigenvalue weighted by Crippen LogP contribution is -2.30. The van der Waals surface area contributed by atoms with Crippen LogP contribution in [0, 0.1) is 5.82 Å². The summed E-state index contributed by atoms with van der Waals surface area (Å²) in [4.78, 5) is 11.4. The average Bonchev–Trinajstić information content (AvgIpc) is 2.30. The molecule has 0 aliphatic rings. The van der Waals surface area contributed by atoms with Crippen molar-refractivity contribution >= 4 is 27.5 Å². The van der Waals surface area contributed by atoms with Gasteiger partial charge in [0, 0.05) is 19.3 Å². The van der Waals surface area contributed by atoms with Gasteiger partial charge in [0.15, 0.2) is 0 Å². The molecule has 94 valence electrons. The van der Waals surface area contributed by atoms with Gasteiger partial charge in [-0.3, -0.25) is 4.79 Å². The number of halogens is 2. The molecule has 0 bridgehead atoms. The van der Waals surface area contributed by atoms with Gasteiger partial charge in [-0.25, -0.2) is 4.39 Å². The van der Waals surface area contributed by atoms with Crippen LogP contribution in [0.25, 0.3) is 0 Å². The first-order valence-electron chi connectivity index (χ1n) is 5.08. The lowest BCUT2D eigenvalue weighted by molar-refractivity contribution is -0.115. The van der Waals surface area contributed by atoms with Crippen molar-refractivity contribution in [1.29, 1.82) is 0 Å². The number of methoxy groups -OCH3 is 1. The van der Waals surface area contributed by atoms with Crippen molar-refractivity contribution in [2.24, 2.45) is 0 Å². The van der Waals surface area contributed by atoms with Crippen molar-refractivity contribution in [3.8, 4) is 0 Å². The van der Waals surface area contributed by atoms with E-state index in [1.807, 2.05) is 0 Å². The Balaban J connectivity index is 2.37. The lowest BCUT2D eigenvalue weighted by Gasteiger charge is -2.07. The van der Waals surface area contributed by atoms with Gasteiger partial charge >= 0.3 is 0 Å². The lowest BCUT2D eigenvalue weighted by atomic mass is 10.3. The minimum atomic E-state index is -0.407. The van der Waals surface area contributed by atoms with Gasteiger partial charge in [-0.2, -0.15) is 0 Å². The molecule has 0 aliphatic heterocycles. The van der Waals surface area contributed by atoms with Crippen LogP contribution in [0.1, 0.15) is 0 Å². The second-order valence-electron chi connectivity index (χ2n) is 3.35. The molecular weight excluding hydrogens is 291 g/mol. The minimum absolute atomic E-state index is 0.168. The van der Waals surface area contributed by atoms with Crippen LogP contribution >= 0.6 is 15.9 Å². The van der Waals surface area contributed by atoms with E-state index < -0.39 is 5.82 Å². The number of anilines is 1. The first-order chi connectivity index (χ1) is 8.13. The van der Waals surface area contributed by atoms with Crippen LogP contribution in [0.3, 0.4) is 0 Å². The van der Waals surface area contributed by atoms with Crippen LogP contribution in [0.5, 0.6) is 0 Å². The minimum Gasteiger partial charge on any atom is -0.383 e. The zero-order chi connectivity index (χ0) is 12.7. The third-order valence-corrected chi connectivity index (χ3v) is 2.61. The highest BCUT2D eigenvalue weighted by molar-refractivity contribution is 9.10. The highest BCUT2D eigenvalue weighted by atomic mass is 79.9. The zero-order valence-electron chi connectivity index (χ0n) is 9.43. The van der Waals surface area contributed by atoms with Gasteiger partial charge in [-0.05, 0) is 34.1 Å². The number of benzene rings is 1. The molecule has 0 heterocycles. The van der Waals surface area contributed by atoms with Gasteiger partial charge in [0.05, 0.1) is 17.6 Å². The van der Waals surface area contributed by atoms with Gasteiger partial charge in [0.25, 0.3) is 0 Å². The van der Waals surface area contributed by atoms with E-state index in [1.165, 1.54) is 6.07 Å². The molecule has 4 nitrogen and oxygen atoms in total. The number of hydrogen-bond donors (Lipinski definition) is 2. The number of carbonyl (C=O) groups excluding carboxylic acids is 1. The predicted octanol–water partition coefficient (Wildman–Crippen LogP) is 1.76. The maximum atomic E-state index is 13.2.